The Morgan fingerprint density at radius 1 is 1.40 bits per heavy atom. The summed E-state index contributed by atoms with van der Waals surface area (Å²) in [5.74, 6) is 0.698. The van der Waals surface area contributed by atoms with Gasteiger partial charge in [0.05, 0.1) is 12.0 Å². The summed E-state index contributed by atoms with van der Waals surface area (Å²) in [5, 5.41) is 5.04. The van der Waals surface area contributed by atoms with E-state index in [0.29, 0.717) is 5.75 Å². The Kier molecular flexibility index (Phi) is 3.71. The molecule has 0 spiro atoms. The van der Waals surface area contributed by atoms with Crippen LogP contribution < -0.4 is 9.88 Å². The lowest BCUT2D eigenvalue weighted by molar-refractivity contribution is 0.409. The van der Waals surface area contributed by atoms with Crippen molar-refractivity contribution in [1.29, 1.82) is 0 Å². The minimum atomic E-state index is -3.62. The third kappa shape index (κ3) is 2.94. The summed E-state index contributed by atoms with van der Waals surface area (Å²) in [6, 6.07) is 4.65. The second kappa shape index (κ2) is 4.63. The lowest BCUT2D eigenvalue weighted by Gasteiger charge is -2.08. The molecule has 0 unspecified atom stereocenters. The van der Waals surface area contributed by atoms with Crippen molar-refractivity contribution in [2.45, 2.75) is 24.7 Å². The van der Waals surface area contributed by atoms with E-state index in [1.54, 1.807) is 19.2 Å². The molecule has 0 aliphatic rings. The van der Waals surface area contributed by atoms with Crippen LogP contribution in [0.15, 0.2) is 23.1 Å². The molecule has 0 bridgehead atoms. The fourth-order valence-corrected chi connectivity index (χ4v) is 1.96. The normalized spacial score (nSPS) is 11.4. The van der Waals surface area contributed by atoms with Gasteiger partial charge in [0.1, 0.15) is 5.75 Å². The first-order chi connectivity index (χ1) is 6.99. The molecule has 15 heavy (non-hydrogen) atoms. The Morgan fingerprint density at radius 3 is 2.53 bits per heavy atom. The SMILES string of the molecule is CCCc1cc(S(N)(=O)=O)ccc1OC. The molecule has 0 amide bonds. The van der Waals surface area contributed by atoms with E-state index in [9.17, 15) is 8.42 Å². The van der Waals surface area contributed by atoms with Crippen molar-refractivity contribution in [2.24, 2.45) is 5.14 Å². The van der Waals surface area contributed by atoms with Gasteiger partial charge in [0.25, 0.3) is 0 Å². The first-order valence-electron chi connectivity index (χ1n) is 4.68. The van der Waals surface area contributed by atoms with Crippen molar-refractivity contribution >= 4 is 10.0 Å². The maximum absolute atomic E-state index is 11.1. The second-order valence-electron chi connectivity index (χ2n) is 3.27. The highest BCUT2D eigenvalue weighted by Gasteiger charge is 2.11. The average Bonchev–Trinajstić information content (AvgIpc) is 2.17. The smallest absolute Gasteiger partial charge is 0.238 e. The fourth-order valence-electron chi connectivity index (χ4n) is 1.40. The number of benzene rings is 1. The van der Waals surface area contributed by atoms with Gasteiger partial charge in [-0.15, -0.1) is 0 Å². The quantitative estimate of drug-likeness (QED) is 0.846. The van der Waals surface area contributed by atoms with Crippen LogP contribution in [0.4, 0.5) is 0 Å². The van der Waals surface area contributed by atoms with Gasteiger partial charge in [0, 0.05) is 0 Å². The molecule has 1 aromatic carbocycles. The largest absolute Gasteiger partial charge is 0.496 e. The summed E-state index contributed by atoms with van der Waals surface area (Å²) in [6.45, 7) is 2.02. The van der Waals surface area contributed by atoms with Crippen LogP contribution in [0.5, 0.6) is 5.75 Å². The van der Waals surface area contributed by atoms with Gasteiger partial charge in [0.15, 0.2) is 0 Å². The Hall–Kier alpha value is -1.07. The topological polar surface area (TPSA) is 69.4 Å². The molecule has 1 rings (SSSR count). The van der Waals surface area contributed by atoms with Crippen LogP contribution in [0.1, 0.15) is 18.9 Å². The third-order valence-corrected chi connectivity index (χ3v) is 3.01. The maximum Gasteiger partial charge on any atom is 0.238 e. The van der Waals surface area contributed by atoms with Crippen LogP contribution in [0, 0.1) is 0 Å². The summed E-state index contributed by atoms with van der Waals surface area (Å²) in [4.78, 5) is 0.131. The molecule has 0 aliphatic carbocycles. The van der Waals surface area contributed by atoms with Gasteiger partial charge >= 0.3 is 0 Å². The zero-order chi connectivity index (χ0) is 11.5. The minimum absolute atomic E-state index is 0.131. The van der Waals surface area contributed by atoms with Crippen molar-refractivity contribution in [1.82, 2.24) is 0 Å². The molecule has 84 valence electrons. The molecular weight excluding hydrogens is 214 g/mol. The number of primary sulfonamides is 1. The number of methoxy groups -OCH3 is 1. The number of sulfonamides is 1. The van der Waals surface area contributed by atoms with Gasteiger partial charge in [-0.2, -0.15) is 0 Å². The molecule has 0 atom stereocenters. The predicted molar refractivity (Wildman–Crippen MR) is 58.4 cm³/mol. The molecule has 0 fully saturated rings. The second-order valence-corrected chi connectivity index (χ2v) is 4.83. The average molecular weight is 229 g/mol. The van der Waals surface area contributed by atoms with Crippen LogP contribution in [-0.4, -0.2) is 15.5 Å². The van der Waals surface area contributed by atoms with Crippen LogP contribution in [0.2, 0.25) is 0 Å². The lowest BCUT2D eigenvalue weighted by Crippen LogP contribution is -2.12. The predicted octanol–water partition coefficient (Wildman–Crippen LogP) is 1.30. The molecule has 5 heteroatoms. The summed E-state index contributed by atoms with van der Waals surface area (Å²) in [5.41, 5.74) is 0.867. The zero-order valence-corrected chi connectivity index (χ0v) is 9.67. The molecule has 0 saturated carbocycles. The monoisotopic (exact) mass is 229 g/mol. The van der Waals surface area contributed by atoms with Crippen molar-refractivity contribution in [3.8, 4) is 5.75 Å². The Balaban J connectivity index is 3.22. The zero-order valence-electron chi connectivity index (χ0n) is 8.86. The van der Waals surface area contributed by atoms with Crippen molar-refractivity contribution in [3.05, 3.63) is 23.8 Å². The van der Waals surface area contributed by atoms with Gasteiger partial charge < -0.3 is 4.74 Å². The van der Waals surface area contributed by atoms with Gasteiger partial charge in [-0.05, 0) is 30.2 Å². The fraction of sp³-hybridized carbons (Fsp3) is 0.400. The van der Waals surface area contributed by atoms with E-state index in [2.05, 4.69) is 0 Å². The number of aryl methyl sites for hydroxylation is 1. The third-order valence-electron chi connectivity index (χ3n) is 2.10. The first kappa shape index (κ1) is 12.0. The van der Waals surface area contributed by atoms with Crippen LogP contribution in [0.3, 0.4) is 0 Å². The Labute approximate surface area is 90.1 Å². The number of ether oxygens (including phenoxy) is 1. The van der Waals surface area contributed by atoms with Gasteiger partial charge in [-0.25, -0.2) is 13.6 Å². The van der Waals surface area contributed by atoms with E-state index in [-0.39, 0.29) is 4.90 Å². The highest BCUT2D eigenvalue weighted by atomic mass is 32.2. The highest BCUT2D eigenvalue weighted by molar-refractivity contribution is 7.89. The standard InChI is InChI=1S/C10H15NO3S/c1-3-4-8-7-9(15(11,12)13)5-6-10(8)14-2/h5-7H,3-4H2,1-2H3,(H2,11,12,13). The molecular formula is C10H15NO3S. The van der Waals surface area contributed by atoms with Crippen LogP contribution in [0.25, 0.3) is 0 Å². The minimum Gasteiger partial charge on any atom is -0.496 e. The summed E-state index contributed by atoms with van der Waals surface area (Å²) >= 11 is 0. The number of hydrogen-bond acceptors (Lipinski definition) is 3. The molecule has 0 aliphatic heterocycles. The molecule has 4 nitrogen and oxygen atoms in total. The summed E-state index contributed by atoms with van der Waals surface area (Å²) in [7, 11) is -2.06. The van der Waals surface area contributed by atoms with Gasteiger partial charge in [0.2, 0.25) is 10.0 Å². The maximum atomic E-state index is 11.1. The van der Waals surface area contributed by atoms with Crippen LogP contribution >= 0.6 is 0 Å². The van der Waals surface area contributed by atoms with E-state index in [0.717, 1.165) is 18.4 Å². The van der Waals surface area contributed by atoms with Crippen LogP contribution in [-0.2, 0) is 16.4 Å². The Morgan fingerprint density at radius 2 is 2.07 bits per heavy atom. The summed E-state index contributed by atoms with van der Waals surface area (Å²) in [6.07, 6.45) is 1.69. The Bertz CT molecular complexity index is 440. The molecule has 0 aromatic heterocycles. The molecule has 0 saturated heterocycles. The van der Waals surface area contributed by atoms with E-state index in [1.807, 2.05) is 6.92 Å². The number of hydrogen-bond donors (Lipinski definition) is 1. The molecule has 2 N–H and O–H groups in total. The number of rotatable bonds is 4. The molecule has 0 heterocycles. The van der Waals surface area contributed by atoms with Crippen molar-refractivity contribution in [2.75, 3.05) is 7.11 Å². The van der Waals surface area contributed by atoms with E-state index >= 15 is 0 Å². The number of nitrogens with two attached hydrogens (primary N) is 1. The van der Waals surface area contributed by atoms with E-state index in [1.165, 1.54) is 6.07 Å². The highest BCUT2D eigenvalue weighted by Crippen LogP contribution is 2.22. The molecule has 1 aromatic rings. The van der Waals surface area contributed by atoms with Crippen molar-refractivity contribution in [3.63, 3.8) is 0 Å². The van der Waals surface area contributed by atoms with E-state index in [4.69, 9.17) is 9.88 Å². The van der Waals surface area contributed by atoms with E-state index < -0.39 is 10.0 Å². The molecule has 0 radical (unpaired) electrons. The van der Waals surface area contributed by atoms with Gasteiger partial charge in [-0.3, -0.25) is 0 Å². The van der Waals surface area contributed by atoms with Crippen molar-refractivity contribution < 1.29 is 13.2 Å². The van der Waals surface area contributed by atoms with Gasteiger partial charge in [-0.1, -0.05) is 13.3 Å². The lowest BCUT2D eigenvalue weighted by atomic mass is 10.1. The first-order valence-corrected chi connectivity index (χ1v) is 6.23. The summed E-state index contributed by atoms with van der Waals surface area (Å²) < 4.78 is 27.4.